The van der Waals surface area contributed by atoms with Crippen molar-refractivity contribution in [3.8, 4) is 17.4 Å². The molecule has 1 N–H and O–H groups in total. The molecule has 2 aromatic carbocycles. The predicted octanol–water partition coefficient (Wildman–Crippen LogP) is 6.02. The minimum Gasteiger partial charge on any atom is -0.457 e. The number of amides is 1. The lowest BCUT2D eigenvalue weighted by Crippen LogP contribution is -2.13. The van der Waals surface area contributed by atoms with E-state index in [1.54, 1.807) is 30.3 Å². The van der Waals surface area contributed by atoms with Crippen LogP contribution in [0.1, 0.15) is 5.76 Å². The first-order valence-electron chi connectivity index (χ1n) is 7.59. The summed E-state index contributed by atoms with van der Waals surface area (Å²) in [6.07, 6.45) is 1.43. The zero-order valence-corrected chi connectivity index (χ0v) is 16.5. The van der Waals surface area contributed by atoms with Crippen LogP contribution in [0.15, 0.2) is 79.6 Å². The number of benzene rings is 2. The van der Waals surface area contributed by atoms with Gasteiger partial charge in [0, 0.05) is 26.3 Å². The van der Waals surface area contributed by atoms with E-state index in [1.165, 1.54) is 6.08 Å². The summed E-state index contributed by atoms with van der Waals surface area (Å²) in [7, 11) is 0. The van der Waals surface area contributed by atoms with Crippen LogP contribution in [-0.2, 0) is 4.79 Å². The maximum atomic E-state index is 12.3. The molecule has 0 aliphatic carbocycles. The number of hydrogen-bond acceptors (Lipinski definition) is 3. The highest BCUT2D eigenvalue weighted by Gasteiger charge is 2.11. The van der Waals surface area contributed by atoms with Crippen LogP contribution in [0.4, 0.5) is 5.69 Å². The lowest BCUT2D eigenvalue weighted by molar-refractivity contribution is -0.112. The van der Waals surface area contributed by atoms with Gasteiger partial charge in [-0.1, -0.05) is 50.1 Å². The lowest BCUT2D eigenvalue weighted by atomic mass is 10.2. The molecule has 0 aliphatic heterocycles. The highest BCUT2D eigenvalue weighted by Crippen LogP contribution is 2.25. The van der Waals surface area contributed by atoms with Crippen molar-refractivity contribution in [1.82, 2.24) is 0 Å². The molecule has 0 saturated heterocycles. The van der Waals surface area contributed by atoms with Crippen LogP contribution in [0.25, 0.3) is 17.4 Å². The number of hydrogen-bond donors (Lipinski definition) is 1. The molecule has 1 aromatic heterocycles. The van der Waals surface area contributed by atoms with Gasteiger partial charge in [-0.15, -0.1) is 0 Å². The summed E-state index contributed by atoms with van der Waals surface area (Å²) in [5.74, 6) is 0.601. The number of nitrogens with zero attached hydrogens (tertiary/aromatic N) is 1. The molecule has 0 fully saturated rings. The first-order valence-corrected chi connectivity index (χ1v) is 9.18. The van der Waals surface area contributed by atoms with Gasteiger partial charge in [0.2, 0.25) is 0 Å². The fourth-order valence-corrected chi connectivity index (χ4v) is 2.92. The molecular weight excluding hydrogens is 460 g/mol. The van der Waals surface area contributed by atoms with E-state index in [2.05, 4.69) is 37.2 Å². The molecule has 0 radical (unpaired) electrons. The van der Waals surface area contributed by atoms with Crippen molar-refractivity contribution < 1.29 is 9.21 Å². The summed E-state index contributed by atoms with van der Waals surface area (Å²) in [4.78, 5) is 12.3. The highest BCUT2D eigenvalue weighted by molar-refractivity contribution is 9.10. The third-order valence-corrected chi connectivity index (χ3v) is 4.51. The van der Waals surface area contributed by atoms with Crippen LogP contribution < -0.4 is 5.32 Å². The highest BCUT2D eigenvalue weighted by atomic mass is 79.9. The fourth-order valence-electron chi connectivity index (χ4n) is 2.26. The third-order valence-electron chi connectivity index (χ3n) is 3.49. The predicted molar refractivity (Wildman–Crippen MR) is 108 cm³/mol. The molecule has 3 rings (SSSR count). The first-order chi connectivity index (χ1) is 12.5. The number of rotatable bonds is 4. The molecule has 6 heteroatoms. The smallest absolute Gasteiger partial charge is 0.266 e. The minimum atomic E-state index is -0.493. The maximum absolute atomic E-state index is 12.3. The average molecular weight is 472 g/mol. The quantitative estimate of drug-likeness (QED) is 0.373. The largest absolute Gasteiger partial charge is 0.457 e. The monoisotopic (exact) mass is 470 g/mol. The van der Waals surface area contributed by atoms with Crippen LogP contribution in [0.2, 0.25) is 0 Å². The number of carbonyl (C=O) groups is 1. The molecule has 0 bridgehead atoms. The average Bonchev–Trinajstić information content (AvgIpc) is 3.09. The van der Waals surface area contributed by atoms with Crippen molar-refractivity contribution in [2.45, 2.75) is 0 Å². The van der Waals surface area contributed by atoms with Gasteiger partial charge in [-0.05, 0) is 42.5 Å². The van der Waals surface area contributed by atoms with Gasteiger partial charge in [-0.2, -0.15) is 5.26 Å². The Labute approximate surface area is 167 Å². The number of halogens is 2. The van der Waals surface area contributed by atoms with Crippen molar-refractivity contribution in [3.05, 3.63) is 80.9 Å². The summed E-state index contributed by atoms with van der Waals surface area (Å²) in [6.45, 7) is 0. The van der Waals surface area contributed by atoms with Gasteiger partial charge < -0.3 is 9.73 Å². The van der Waals surface area contributed by atoms with Crippen molar-refractivity contribution in [3.63, 3.8) is 0 Å². The van der Waals surface area contributed by atoms with Crippen molar-refractivity contribution in [2.24, 2.45) is 0 Å². The fraction of sp³-hybridized carbons (Fsp3) is 0. The standard InChI is InChI=1S/C20H12Br2N2O2/c21-15-6-4-13(5-7-15)19-9-8-18(26-19)10-14(12-23)20(25)24-17-3-1-2-16(22)11-17/h1-11H,(H,24,25)/b14-10+. The van der Waals surface area contributed by atoms with Gasteiger partial charge in [0.1, 0.15) is 23.2 Å². The van der Waals surface area contributed by atoms with E-state index in [0.29, 0.717) is 17.2 Å². The van der Waals surface area contributed by atoms with Gasteiger partial charge in [0.15, 0.2) is 0 Å². The summed E-state index contributed by atoms with van der Waals surface area (Å²) in [5, 5.41) is 12.0. The number of furan rings is 1. The summed E-state index contributed by atoms with van der Waals surface area (Å²) in [6, 6.07) is 20.3. The second-order valence-corrected chi connectivity index (χ2v) is 7.17. The Balaban J connectivity index is 1.80. The summed E-state index contributed by atoms with van der Waals surface area (Å²) in [5.41, 5.74) is 1.46. The third kappa shape index (κ3) is 4.51. The second kappa shape index (κ2) is 8.17. The van der Waals surface area contributed by atoms with Gasteiger partial charge in [0.05, 0.1) is 0 Å². The van der Waals surface area contributed by atoms with E-state index < -0.39 is 5.91 Å². The van der Waals surface area contributed by atoms with E-state index in [0.717, 1.165) is 14.5 Å². The normalized spacial score (nSPS) is 11.0. The van der Waals surface area contributed by atoms with Gasteiger partial charge in [-0.25, -0.2) is 0 Å². The van der Waals surface area contributed by atoms with Crippen LogP contribution in [0.3, 0.4) is 0 Å². The Bertz CT molecular complexity index is 1010. The molecule has 26 heavy (non-hydrogen) atoms. The Kier molecular flexibility index (Phi) is 5.71. The van der Waals surface area contributed by atoms with Gasteiger partial charge in [-0.3, -0.25) is 4.79 Å². The number of carbonyl (C=O) groups excluding carboxylic acids is 1. The Morgan fingerprint density at radius 2 is 1.81 bits per heavy atom. The zero-order chi connectivity index (χ0) is 18.5. The molecule has 4 nitrogen and oxygen atoms in total. The van der Waals surface area contributed by atoms with Gasteiger partial charge in [0.25, 0.3) is 5.91 Å². The first kappa shape index (κ1) is 18.2. The van der Waals surface area contributed by atoms with E-state index in [9.17, 15) is 10.1 Å². The van der Waals surface area contributed by atoms with Gasteiger partial charge >= 0.3 is 0 Å². The second-order valence-electron chi connectivity index (χ2n) is 5.34. The van der Waals surface area contributed by atoms with E-state index in [1.807, 2.05) is 36.4 Å². The molecule has 0 unspecified atom stereocenters. The zero-order valence-electron chi connectivity index (χ0n) is 13.4. The van der Waals surface area contributed by atoms with Crippen LogP contribution in [0.5, 0.6) is 0 Å². The summed E-state index contributed by atoms with van der Waals surface area (Å²) < 4.78 is 7.54. The van der Waals surface area contributed by atoms with Crippen LogP contribution in [0, 0.1) is 11.3 Å². The molecule has 0 atom stereocenters. The molecule has 1 amide bonds. The van der Waals surface area contributed by atoms with Crippen molar-refractivity contribution in [2.75, 3.05) is 5.32 Å². The molecule has 128 valence electrons. The molecule has 0 aliphatic rings. The molecule has 0 spiro atoms. The Morgan fingerprint density at radius 3 is 2.50 bits per heavy atom. The summed E-state index contributed by atoms with van der Waals surface area (Å²) >= 11 is 6.73. The Morgan fingerprint density at radius 1 is 1.04 bits per heavy atom. The van der Waals surface area contributed by atoms with E-state index in [-0.39, 0.29) is 5.57 Å². The maximum Gasteiger partial charge on any atom is 0.266 e. The minimum absolute atomic E-state index is 0.0401. The lowest BCUT2D eigenvalue weighted by Gasteiger charge is -2.04. The Hall–Kier alpha value is -2.62. The molecule has 3 aromatic rings. The van der Waals surface area contributed by atoms with Crippen molar-refractivity contribution in [1.29, 1.82) is 5.26 Å². The number of anilines is 1. The molecule has 0 saturated carbocycles. The van der Waals surface area contributed by atoms with E-state index >= 15 is 0 Å². The van der Waals surface area contributed by atoms with Crippen LogP contribution in [-0.4, -0.2) is 5.91 Å². The van der Waals surface area contributed by atoms with Crippen molar-refractivity contribution >= 4 is 49.5 Å². The number of nitrogens with one attached hydrogen (secondary N) is 1. The molecule has 1 heterocycles. The molecular formula is C20H12Br2N2O2. The SMILES string of the molecule is N#C/C(=C\c1ccc(-c2ccc(Br)cc2)o1)C(=O)Nc1cccc(Br)c1. The topological polar surface area (TPSA) is 66.0 Å². The van der Waals surface area contributed by atoms with E-state index in [4.69, 9.17) is 4.42 Å². The number of nitriles is 1. The van der Waals surface area contributed by atoms with Crippen LogP contribution >= 0.6 is 31.9 Å².